The van der Waals surface area contributed by atoms with Gasteiger partial charge in [0.15, 0.2) is 0 Å². The van der Waals surface area contributed by atoms with E-state index in [2.05, 4.69) is 33.8 Å². The Morgan fingerprint density at radius 3 is 2.59 bits per heavy atom. The molecular formula is C20H28O2. The molecule has 3 atom stereocenters. The lowest BCUT2D eigenvalue weighted by atomic mass is 9.57. The number of carbonyl (C=O) groups is 1. The molecule has 0 aromatic carbocycles. The number of carbonyl (C=O) groups excluding carboxylic acids is 1. The van der Waals surface area contributed by atoms with Gasteiger partial charge in [0.2, 0.25) is 0 Å². The van der Waals surface area contributed by atoms with E-state index >= 15 is 0 Å². The van der Waals surface area contributed by atoms with Gasteiger partial charge >= 0.3 is 0 Å². The van der Waals surface area contributed by atoms with E-state index in [0.717, 1.165) is 19.1 Å². The van der Waals surface area contributed by atoms with Crippen LogP contribution >= 0.6 is 0 Å². The summed E-state index contributed by atoms with van der Waals surface area (Å²) in [6.45, 7) is 9.13. The summed E-state index contributed by atoms with van der Waals surface area (Å²) < 4.78 is 0. The first-order valence-electron chi connectivity index (χ1n) is 8.60. The van der Waals surface area contributed by atoms with Crippen molar-refractivity contribution in [3.8, 4) is 0 Å². The van der Waals surface area contributed by atoms with Gasteiger partial charge < -0.3 is 5.11 Å². The van der Waals surface area contributed by atoms with Gasteiger partial charge in [0, 0.05) is 11.8 Å². The van der Waals surface area contributed by atoms with Crippen LogP contribution in [0.5, 0.6) is 0 Å². The molecule has 0 aromatic heterocycles. The van der Waals surface area contributed by atoms with Crippen molar-refractivity contribution < 1.29 is 9.90 Å². The van der Waals surface area contributed by atoms with Gasteiger partial charge in [-0.1, -0.05) is 45.4 Å². The molecule has 0 heterocycles. The minimum atomic E-state index is -0.469. The topological polar surface area (TPSA) is 37.3 Å². The highest BCUT2D eigenvalue weighted by molar-refractivity contribution is 5.74. The van der Waals surface area contributed by atoms with E-state index in [9.17, 15) is 9.90 Å². The van der Waals surface area contributed by atoms with Gasteiger partial charge in [0.05, 0.1) is 6.10 Å². The Morgan fingerprint density at radius 1 is 1.23 bits per heavy atom. The summed E-state index contributed by atoms with van der Waals surface area (Å²) in [5.74, 6) is 0.551. The third kappa shape index (κ3) is 2.15. The van der Waals surface area contributed by atoms with E-state index in [1.807, 2.05) is 6.08 Å². The molecule has 3 aliphatic carbocycles. The largest absolute Gasteiger partial charge is 0.392 e. The second kappa shape index (κ2) is 5.19. The molecule has 0 saturated heterocycles. The number of aldehydes is 1. The molecule has 0 aliphatic heterocycles. The summed E-state index contributed by atoms with van der Waals surface area (Å²) in [5.41, 5.74) is 5.10. The zero-order valence-electron chi connectivity index (χ0n) is 14.3. The molecule has 3 aliphatic rings. The summed E-state index contributed by atoms with van der Waals surface area (Å²) >= 11 is 0. The lowest BCUT2D eigenvalue weighted by Gasteiger charge is -2.48. The van der Waals surface area contributed by atoms with Crippen molar-refractivity contribution in [2.45, 2.75) is 65.9 Å². The number of rotatable bonds is 2. The number of aliphatic hydroxyl groups is 1. The highest BCUT2D eigenvalue weighted by Gasteiger charge is 2.51. The lowest BCUT2D eigenvalue weighted by Crippen LogP contribution is -2.41. The van der Waals surface area contributed by atoms with Crippen LogP contribution in [-0.2, 0) is 4.79 Å². The standard InChI is InChI=1S/C20H28O2/c1-13(2)15-7-8-19(3)9-10-20(4)16(18(15)19)6-5-14(12-21)11-17(20)22/h5-6,12-13,17,22H,7-11H2,1-4H3/t17-,19-,20+/m1/s1. The van der Waals surface area contributed by atoms with Crippen LogP contribution in [0.15, 0.2) is 34.4 Å². The summed E-state index contributed by atoms with van der Waals surface area (Å²) in [4.78, 5) is 11.2. The third-order valence-corrected chi connectivity index (χ3v) is 6.43. The predicted molar refractivity (Wildman–Crippen MR) is 89.4 cm³/mol. The van der Waals surface area contributed by atoms with Crippen molar-refractivity contribution in [1.82, 2.24) is 0 Å². The van der Waals surface area contributed by atoms with Gasteiger partial charge in [-0.2, -0.15) is 0 Å². The minimum absolute atomic E-state index is 0.222. The van der Waals surface area contributed by atoms with E-state index in [1.165, 1.54) is 24.0 Å². The minimum Gasteiger partial charge on any atom is -0.392 e. The first-order chi connectivity index (χ1) is 10.3. The van der Waals surface area contributed by atoms with Gasteiger partial charge in [-0.15, -0.1) is 0 Å². The zero-order chi connectivity index (χ0) is 16.1. The Hall–Kier alpha value is -1.15. The van der Waals surface area contributed by atoms with Crippen molar-refractivity contribution >= 4 is 6.29 Å². The number of fused-ring (bicyclic) bond motifs is 3. The predicted octanol–water partition coefficient (Wildman–Crippen LogP) is 4.36. The van der Waals surface area contributed by atoms with Gasteiger partial charge in [0.1, 0.15) is 6.29 Å². The van der Waals surface area contributed by atoms with Crippen molar-refractivity contribution in [3.63, 3.8) is 0 Å². The Balaban J connectivity index is 2.19. The molecule has 0 amide bonds. The monoisotopic (exact) mass is 300 g/mol. The number of aliphatic hydroxyl groups excluding tert-OH is 1. The highest BCUT2D eigenvalue weighted by Crippen LogP contribution is 2.61. The third-order valence-electron chi connectivity index (χ3n) is 6.43. The average Bonchev–Trinajstić information content (AvgIpc) is 2.76. The SMILES string of the molecule is CC(C)C1=C2C3=CC=C(C=O)C[C@@H](O)[C@@]3(C)CC[C@@]2(C)CC1. The van der Waals surface area contributed by atoms with Crippen LogP contribution in [-0.4, -0.2) is 17.5 Å². The Bertz CT molecular complexity index is 593. The molecule has 3 rings (SSSR count). The van der Waals surface area contributed by atoms with Crippen LogP contribution in [0, 0.1) is 16.7 Å². The van der Waals surface area contributed by atoms with E-state index in [1.54, 1.807) is 5.57 Å². The number of allylic oxidation sites excluding steroid dienone is 4. The van der Waals surface area contributed by atoms with Crippen LogP contribution in [0.25, 0.3) is 0 Å². The molecule has 2 heteroatoms. The maximum Gasteiger partial charge on any atom is 0.146 e. The highest BCUT2D eigenvalue weighted by atomic mass is 16.3. The van der Waals surface area contributed by atoms with Crippen LogP contribution in [0.1, 0.15) is 59.8 Å². The van der Waals surface area contributed by atoms with Crippen molar-refractivity contribution in [2.75, 3.05) is 0 Å². The molecule has 0 bridgehead atoms. The summed E-state index contributed by atoms with van der Waals surface area (Å²) in [6, 6.07) is 0. The Kier molecular flexibility index (Phi) is 3.71. The van der Waals surface area contributed by atoms with Crippen LogP contribution in [0.2, 0.25) is 0 Å². The maximum absolute atomic E-state index is 11.2. The molecule has 22 heavy (non-hydrogen) atoms. The van der Waals surface area contributed by atoms with E-state index in [4.69, 9.17) is 0 Å². The molecule has 0 radical (unpaired) electrons. The smallest absolute Gasteiger partial charge is 0.146 e. The van der Waals surface area contributed by atoms with Crippen LogP contribution in [0.4, 0.5) is 0 Å². The zero-order valence-corrected chi connectivity index (χ0v) is 14.3. The summed E-state index contributed by atoms with van der Waals surface area (Å²) in [5, 5.41) is 10.8. The van der Waals surface area contributed by atoms with Gasteiger partial charge in [0.25, 0.3) is 0 Å². The Morgan fingerprint density at radius 2 is 1.95 bits per heavy atom. The van der Waals surface area contributed by atoms with Crippen LogP contribution < -0.4 is 0 Å². The molecule has 1 saturated carbocycles. The van der Waals surface area contributed by atoms with Gasteiger partial charge in [-0.3, -0.25) is 4.79 Å². The Labute approximate surface area is 134 Å². The first-order valence-corrected chi connectivity index (χ1v) is 8.60. The number of hydrogen-bond donors (Lipinski definition) is 1. The molecule has 0 spiro atoms. The fourth-order valence-corrected chi connectivity index (χ4v) is 4.74. The maximum atomic E-state index is 11.2. The lowest BCUT2D eigenvalue weighted by molar-refractivity contribution is -0.105. The van der Waals surface area contributed by atoms with E-state index in [-0.39, 0.29) is 10.8 Å². The normalized spacial score (nSPS) is 38.2. The molecule has 0 unspecified atom stereocenters. The van der Waals surface area contributed by atoms with Crippen molar-refractivity contribution in [1.29, 1.82) is 0 Å². The van der Waals surface area contributed by atoms with Gasteiger partial charge in [-0.25, -0.2) is 0 Å². The van der Waals surface area contributed by atoms with Crippen molar-refractivity contribution in [2.24, 2.45) is 16.7 Å². The molecule has 120 valence electrons. The van der Waals surface area contributed by atoms with E-state index in [0.29, 0.717) is 17.9 Å². The quantitative estimate of drug-likeness (QED) is 0.770. The second-order valence-electron chi connectivity index (χ2n) is 8.19. The fraction of sp³-hybridized carbons (Fsp3) is 0.650. The van der Waals surface area contributed by atoms with E-state index < -0.39 is 6.10 Å². The average molecular weight is 300 g/mol. The van der Waals surface area contributed by atoms with Crippen molar-refractivity contribution in [3.05, 3.63) is 34.4 Å². The summed E-state index contributed by atoms with van der Waals surface area (Å²) in [6.07, 6.45) is 9.52. The molecular weight excluding hydrogens is 272 g/mol. The fourth-order valence-electron chi connectivity index (χ4n) is 4.74. The number of hydrogen-bond acceptors (Lipinski definition) is 2. The molecule has 1 fully saturated rings. The van der Waals surface area contributed by atoms with Crippen LogP contribution in [0.3, 0.4) is 0 Å². The second-order valence-corrected chi connectivity index (χ2v) is 8.19. The summed E-state index contributed by atoms with van der Waals surface area (Å²) in [7, 11) is 0. The molecule has 2 nitrogen and oxygen atoms in total. The van der Waals surface area contributed by atoms with Gasteiger partial charge in [-0.05, 0) is 53.7 Å². The molecule has 1 N–H and O–H groups in total. The first kappa shape index (κ1) is 15.7. The molecule has 0 aromatic rings.